The Labute approximate surface area is 124 Å². The van der Waals surface area contributed by atoms with Gasteiger partial charge in [-0.15, -0.1) is 0 Å². The molecule has 1 aromatic rings. The summed E-state index contributed by atoms with van der Waals surface area (Å²) < 4.78 is 5.46. The van der Waals surface area contributed by atoms with Crippen molar-refractivity contribution in [3.8, 4) is 0 Å². The number of H-pyrrole nitrogens is 1. The van der Waals surface area contributed by atoms with Gasteiger partial charge in [0.25, 0.3) is 11.5 Å². The molecule has 0 aliphatic carbocycles. The van der Waals surface area contributed by atoms with Gasteiger partial charge < -0.3 is 14.6 Å². The predicted molar refractivity (Wildman–Crippen MR) is 79.5 cm³/mol. The first-order valence-corrected chi connectivity index (χ1v) is 7.57. The molecule has 1 N–H and O–H groups in total. The van der Waals surface area contributed by atoms with Gasteiger partial charge in [-0.25, -0.2) is 0 Å². The third-order valence-corrected chi connectivity index (χ3v) is 4.84. The lowest BCUT2D eigenvalue weighted by Gasteiger charge is -2.38. The van der Waals surface area contributed by atoms with Crippen LogP contribution in [0.1, 0.15) is 47.3 Å². The van der Waals surface area contributed by atoms with E-state index in [1.54, 1.807) is 7.11 Å². The molecule has 114 valence electrons. The zero-order chi connectivity index (χ0) is 15.1. The lowest BCUT2D eigenvalue weighted by molar-refractivity contribution is 0.00811. The van der Waals surface area contributed by atoms with Crippen molar-refractivity contribution in [2.24, 2.45) is 0 Å². The van der Waals surface area contributed by atoms with E-state index in [9.17, 15) is 9.59 Å². The van der Waals surface area contributed by atoms with E-state index in [0.29, 0.717) is 5.56 Å². The van der Waals surface area contributed by atoms with Crippen LogP contribution >= 0.6 is 0 Å². The van der Waals surface area contributed by atoms with Crippen molar-refractivity contribution in [3.05, 3.63) is 33.2 Å². The highest BCUT2D eigenvalue weighted by atomic mass is 16.5. The number of aryl methyl sites for hydroxylation is 2. The van der Waals surface area contributed by atoms with Crippen LogP contribution in [0.25, 0.3) is 0 Å². The molecule has 21 heavy (non-hydrogen) atoms. The molecule has 2 aliphatic rings. The minimum Gasteiger partial charge on any atom is -0.381 e. The van der Waals surface area contributed by atoms with Crippen LogP contribution in [-0.4, -0.2) is 41.1 Å². The smallest absolute Gasteiger partial charge is 0.261 e. The summed E-state index contributed by atoms with van der Waals surface area (Å²) >= 11 is 0. The lowest BCUT2D eigenvalue weighted by atomic mass is 9.98. The van der Waals surface area contributed by atoms with Gasteiger partial charge >= 0.3 is 0 Å². The Balaban J connectivity index is 1.92. The summed E-state index contributed by atoms with van der Waals surface area (Å²) in [5.74, 6) is -0.115. The summed E-state index contributed by atoms with van der Waals surface area (Å²) in [6.07, 6.45) is 4.02. The fourth-order valence-electron chi connectivity index (χ4n) is 3.90. The van der Waals surface area contributed by atoms with Crippen LogP contribution in [-0.2, 0) is 4.74 Å². The van der Waals surface area contributed by atoms with Gasteiger partial charge in [-0.1, -0.05) is 0 Å². The highest BCUT2D eigenvalue weighted by molar-refractivity contribution is 5.96. The van der Waals surface area contributed by atoms with Crippen molar-refractivity contribution in [2.45, 2.75) is 57.7 Å². The van der Waals surface area contributed by atoms with E-state index < -0.39 is 0 Å². The number of pyridine rings is 1. The summed E-state index contributed by atoms with van der Waals surface area (Å²) in [4.78, 5) is 29.7. The number of nitrogens with one attached hydrogen (secondary N) is 1. The number of fused-ring (bicyclic) bond motifs is 2. The molecule has 1 aromatic heterocycles. The van der Waals surface area contributed by atoms with Crippen molar-refractivity contribution >= 4 is 5.91 Å². The van der Waals surface area contributed by atoms with Crippen LogP contribution in [0.2, 0.25) is 0 Å². The normalized spacial score (nSPS) is 28.0. The molecule has 0 saturated carbocycles. The van der Waals surface area contributed by atoms with Gasteiger partial charge in [0.2, 0.25) is 0 Å². The molecular weight excluding hydrogens is 268 g/mol. The van der Waals surface area contributed by atoms with Crippen molar-refractivity contribution in [3.63, 3.8) is 0 Å². The maximum Gasteiger partial charge on any atom is 0.261 e. The topological polar surface area (TPSA) is 62.4 Å². The summed E-state index contributed by atoms with van der Waals surface area (Å²) in [6, 6.07) is 2.28. The van der Waals surface area contributed by atoms with Gasteiger partial charge in [0.15, 0.2) is 0 Å². The minimum atomic E-state index is -0.272. The predicted octanol–water partition coefficient (Wildman–Crippen LogP) is 1.77. The summed E-state index contributed by atoms with van der Waals surface area (Å²) in [6.45, 7) is 3.66. The molecule has 1 unspecified atom stereocenters. The SMILES string of the molecule is COC1C[C@H]2CC[C@@H](C1)N2C(=O)c1c(C)cc(C)[nH]c1=O. The monoisotopic (exact) mass is 290 g/mol. The quantitative estimate of drug-likeness (QED) is 0.903. The van der Waals surface area contributed by atoms with Crippen LogP contribution in [0, 0.1) is 13.8 Å². The largest absolute Gasteiger partial charge is 0.381 e. The van der Waals surface area contributed by atoms with Crippen molar-refractivity contribution in [1.82, 2.24) is 9.88 Å². The van der Waals surface area contributed by atoms with Gasteiger partial charge in [-0.3, -0.25) is 9.59 Å². The molecule has 2 fully saturated rings. The number of rotatable bonds is 2. The summed E-state index contributed by atoms with van der Waals surface area (Å²) in [7, 11) is 1.73. The molecule has 3 heterocycles. The Bertz CT molecular complexity index is 608. The first kappa shape index (κ1) is 14.3. The second kappa shape index (κ2) is 5.30. The molecule has 5 heteroatoms. The number of methoxy groups -OCH3 is 1. The van der Waals surface area contributed by atoms with Crippen molar-refractivity contribution in [1.29, 1.82) is 0 Å². The molecule has 0 spiro atoms. The number of hydrogen-bond donors (Lipinski definition) is 1. The summed E-state index contributed by atoms with van der Waals surface area (Å²) in [5, 5.41) is 0. The maximum absolute atomic E-state index is 12.9. The molecule has 0 radical (unpaired) electrons. The third-order valence-electron chi connectivity index (χ3n) is 4.84. The summed E-state index contributed by atoms with van der Waals surface area (Å²) in [5.41, 5.74) is 1.57. The van der Waals surface area contributed by atoms with E-state index >= 15 is 0 Å². The lowest BCUT2D eigenvalue weighted by Crippen LogP contribution is -2.49. The van der Waals surface area contributed by atoms with Crippen LogP contribution < -0.4 is 5.56 Å². The zero-order valence-electron chi connectivity index (χ0n) is 12.8. The van der Waals surface area contributed by atoms with E-state index in [0.717, 1.165) is 36.9 Å². The number of hydrogen-bond acceptors (Lipinski definition) is 3. The Kier molecular flexibility index (Phi) is 3.61. The van der Waals surface area contributed by atoms with Gasteiger partial charge in [-0.05, 0) is 51.2 Å². The van der Waals surface area contributed by atoms with Crippen LogP contribution in [0.15, 0.2) is 10.9 Å². The standard InChI is InChI=1S/C16H22N2O3/c1-9-6-10(2)17-15(19)14(9)16(20)18-11-4-5-12(18)8-13(7-11)21-3/h6,11-13H,4-5,7-8H2,1-3H3,(H,17,19)/t11-,12+,13?. The maximum atomic E-state index is 12.9. The second-order valence-corrected chi connectivity index (χ2v) is 6.27. The van der Waals surface area contributed by atoms with Gasteiger partial charge in [0.05, 0.1) is 6.10 Å². The molecule has 0 aromatic carbocycles. The number of carbonyl (C=O) groups excluding carboxylic acids is 1. The molecule has 2 saturated heterocycles. The fourth-order valence-corrected chi connectivity index (χ4v) is 3.90. The van der Waals surface area contributed by atoms with Gasteiger partial charge in [0, 0.05) is 24.9 Å². The Morgan fingerprint density at radius 2 is 1.90 bits per heavy atom. The third kappa shape index (κ3) is 2.39. The average molecular weight is 290 g/mol. The van der Waals surface area contributed by atoms with Crippen LogP contribution in [0.4, 0.5) is 0 Å². The van der Waals surface area contributed by atoms with Gasteiger partial charge in [-0.2, -0.15) is 0 Å². The molecule has 2 bridgehead atoms. The highest BCUT2D eigenvalue weighted by Crippen LogP contribution is 2.37. The van der Waals surface area contributed by atoms with Crippen molar-refractivity contribution in [2.75, 3.05) is 7.11 Å². The number of nitrogens with zero attached hydrogens (tertiary/aromatic N) is 1. The number of piperidine rings is 1. The van der Waals surface area contributed by atoms with E-state index in [1.807, 2.05) is 24.8 Å². The number of carbonyl (C=O) groups is 1. The van der Waals surface area contributed by atoms with E-state index in [-0.39, 0.29) is 29.7 Å². The zero-order valence-corrected chi connectivity index (χ0v) is 12.8. The van der Waals surface area contributed by atoms with E-state index in [4.69, 9.17) is 4.74 Å². The number of ether oxygens (including phenoxy) is 1. The highest BCUT2D eigenvalue weighted by Gasteiger charge is 2.44. The molecule has 1 amide bonds. The Hall–Kier alpha value is -1.62. The fraction of sp³-hybridized carbons (Fsp3) is 0.625. The molecule has 3 atom stereocenters. The second-order valence-electron chi connectivity index (χ2n) is 6.27. The number of amides is 1. The van der Waals surface area contributed by atoms with Crippen molar-refractivity contribution < 1.29 is 9.53 Å². The molecule has 5 nitrogen and oxygen atoms in total. The van der Waals surface area contributed by atoms with E-state index in [1.165, 1.54) is 0 Å². The van der Waals surface area contributed by atoms with Crippen LogP contribution in [0.5, 0.6) is 0 Å². The number of aromatic amines is 1. The molecule has 3 rings (SSSR count). The first-order chi connectivity index (χ1) is 10.0. The Morgan fingerprint density at radius 1 is 1.29 bits per heavy atom. The molecule has 2 aliphatic heterocycles. The van der Waals surface area contributed by atoms with Crippen LogP contribution in [0.3, 0.4) is 0 Å². The Morgan fingerprint density at radius 3 is 2.43 bits per heavy atom. The number of aromatic nitrogens is 1. The van der Waals surface area contributed by atoms with Gasteiger partial charge in [0.1, 0.15) is 5.56 Å². The minimum absolute atomic E-state index is 0.115. The molecular formula is C16H22N2O3. The first-order valence-electron chi connectivity index (χ1n) is 7.57. The van der Waals surface area contributed by atoms with E-state index in [2.05, 4.69) is 4.98 Å². The average Bonchev–Trinajstić information content (AvgIpc) is 2.68.